The fourth-order valence-electron chi connectivity index (χ4n) is 7.27. The van der Waals surface area contributed by atoms with E-state index in [-0.39, 0.29) is 45.8 Å². The number of sulfonamides is 1. The van der Waals surface area contributed by atoms with Crippen molar-refractivity contribution in [3.63, 3.8) is 0 Å². The lowest BCUT2D eigenvalue weighted by Gasteiger charge is -2.42. The van der Waals surface area contributed by atoms with Crippen molar-refractivity contribution in [2.75, 3.05) is 12.4 Å². The number of carbonyl (C=O) groups excluding carboxylic acids is 2. The van der Waals surface area contributed by atoms with Crippen LogP contribution in [-0.4, -0.2) is 43.0 Å². The van der Waals surface area contributed by atoms with E-state index in [4.69, 9.17) is 4.74 Å². The van der Waals surface area contributed by atoms with Gasteiger partial charge in [0, 0.05) is 5.41 Å². The maximum Gasteiger partial charge on any atom is 0.338 e. The predicted molar refractivity (Wildman–Crippen MR) is 146 cm³/mol. The second-order valence-electron chi connectivity index (χ2n) is 12.7. The molecule has 1 heterocycles. The molecule has 2 saturated carbocycles. The molecular weight excluding hydrogens is 486 g/mol. The van der Waals surface area contributed by atoms with E-state index in [1.165, 1.54) is 12.1 Å². The van der Waals surface area contributed by atoms with E-state index < -0.39 is 27.3 Å². The van der Waals surface area contributed by atoms with Gasteiger partial charge in [0.1, 0.15) is 0 Å². The average Bonchev–Trinajstić information content (AvgIpc) is 3.31. The van der Waals surface area contributed by atoms with Gasteiger partial charge in [0.2, 0.25) is 10.0 Å². The van der Waals surface area contributed by atoms with Crippen molar-refractivity contribution in [1.82, 2.24) is 4.31 Å². The molecule has 0 N–H and O–H groups in total. The Morgan fingerprint density at radius 3 is 2.41 bits per heavy atom. The third-order valence-corrected chi connectivity index (χ3v) is 12.4. The molecule has 202 valence electrons. The van der Waals surface area contributed by atoms with Crippen molar-refractivity contribution in [3.05, 3.63) is 60.7 Å². The number of hydrogen-bond donors (Lipinski definition) is 0. The van der Waals surface area contributed by atoms with Gasteiger partial charge in [0.15, 0.2) is 0 Å². The summed E-state index contributed by atoms with van der Waals surface area (Å²) in [6, 6.07) is 6.02. The van der Waals surface area contributed by atoms with E-state index >= 15 is 0 Å². The topological polar surface area (TPSA) is 80.8 Å². The molecule has 1 aromatic rings. The van der Waals surface area contributed by atoms with Gasteiger partial charge in [0.05, 0.1) is 29.5 Å². The Morgan fingerprint density at radius 2 is 1.81 bits per heavy atom. The van der Waals surface area contributed by atoms with Crippen LogP contribution >= 0.6 is 0 Å². The van der Waals surface area contributed by atoms with E-state index in [2.05, 4.69) is 47.8 Å². The van der Waals surface area contributed by atoms with Gasteiger partial charge in [-0.15, -0.1) is 13.2 Å². The highest BCUT2D eigenvalue weighted by Gasteiger charge is 2.72. The Kier molecular flexibility index (Phi) is 6.80. The SMILES string of the molecule is C=CCC(C)(C)[C@](C)(C=C)CCOC(=O)c1ccccc1C(=O)N1C2CC3CCC2(CS1(=O)=O)C3(C)C. The zero-order valence-electron chi connectivity index (χ0n) is 22.9. The van der Waals surface area contributed by atoms with E-state index in [1.807, 2.05) is 12.2 Å². The number of carbonyl (C=O) groups is 2. The summed E-state index contributed by atoms with van der Waals surface area (Å²) in [5.41, 5.74) is -0.831. The number of fused-ring (bicyclic) bond motifs is 1. The summed E-state index contributed by atoms with van der Waals surface area (Å²) in [6.07, 6.45) is 7.61. The quantitative estimate of drug-likeness (QED) is 0.290. The van der Waals surface area contributed by atoms with Crippen LogP contribution in [0.15, 0.2) is 49.6 Å². The predicted octanol–water partition coefficient (Wildman–Crippen LogP) is 6.01. The summed E-state index contributed by atoms with van der Waals surface area (Å²) < 4.78 is 33.5. The molecule has 3 unspecified atom stereocenters. The molecule has 0 aromatic heterocycles. The number of hydrogen-bond acceptors (Lipinski definition) is 5. The van der Waals surface area contributed by atoms with Gasteiger partial charge < -0.3 is 4.74 Å². The molecule has 6 nitrogen and oxygen atoms in total. The van der Waals surface area contributed by atoms with E-state index in [0.717, 1.165) is 23.6 Å². The first-order chi connectivity index (χ1) is 17.2. The van der Waals surface area contributed by atoms with E-state index in [9.17, 15) is 18.0 Å². The van der Waals surface area contributed by atoms with Gasteiger partial charge in [-0.3, -0.25) is 4.79 Å². The number of benzene rings is 1. The van der Waals surface area contributed by atoms with Crippen molar-refractivity contribution in [3.8, 4) is 0 Å². The normalized spacial score (nSPS) is 28.8. The lowest BCUT2D eigenvalue weighted by atomic mass is 9.63. The lowest BCUT2D eigenvalue weighted by molar-refractivity contribution is 0.0377. The minimum Gasteiger partial charge on any atom is -0.462 e. The summed E-state index contributed by atoms with van der Waals surface area (Å²) in [5.74, 6) is -0.863. The van der Waals surface area contributed by atoms with Gasteiger partial charge in [-0.1, -0.05) is 58.9 Å². The summed E-state index contributed by atoms with van der Waals surface area (Å²) in [7, 11) is -3.80. The molecule has 1 spiro atoms. The molecule has 2 bridgehead atoms. The molecule has 1 aromatic carbocycles. The Hall–Kier alpha value is -2.41. The zero-order chi connectivity index (χ0) is 27.4. The monoisotopic (exact) mass is 527 g/mol. The van der Waals surface area contributed by atoms with Crippen LogP contribution < -0.4 is 0 Å². The Balaban J connectivity index is 1.55. The van der Waals surface area contributed by atoms with Crippen LogP contribution in [0.3, 0.4) is 0 Å². The number of ether oxygens (including phenoxy) is 1. The van der Waals surface area contributed by atoms with Gasteiger partial charge in [-0.05, 0) is 66.4 Å². The lowest BCUT2D eigenvalue weighted by Crippen LogP contribution is -2.44. The molecule has 3 aliphatic rings. The number of esters is 1. The largest absolute Gasteiger partial charge is 0.462 e. The van der Waals surface area contributed by atoms with Crippen molar-refractivity contribution in [2.45, 2.75) is 72.8 Å². The van der Waals surface area contributed by atoms with Crippen LogP contribution in [0.5, 0.6) is 0 Å². The maximum atomic E-state index is 13.8. The van der Waals surface area contributed by atoms with E-state index in [0.29, 0.717) is 18.8 Å². The maximum absolute atomic E-state index is 13.8. The summed E-state index contributed by atoms with van der Waals surface area (Å²) in [4.78, 5) is 27.0. The van der Waals surface area contributed by atoms with Gasteiger partial charge in [-0.2, -0.15) is 0 Å². The molecule has 0 radical (unpaired) electrons. The molecular formula is C30H41NO5S. The third kappa shape index (κ3) is 4.08. The first kappa shape index (κ1) is 27.6. The number of amides is 1. The zero-order valence-corrected chi connectivity index (χ0v) is 23.7. The number of rotatable bonds is 9. The standard InChI is InChI=1S/C30H41NO5S/c1-8-15-27(3,4)29(7,9-2)17-18-36-26(33)23-13-11-10-12-22(23)25(32)31-24-19-21-14-16-30(24,28(21,5)6)20-37(31,34)35/h8-13,21,24H,1-2,14-20H2,3-7H3/t21?,24?,29-,30?/m1/s1. The smallest absolute Gasteiger partial charge is 0.338 e. The molecule has 1 aliphatic heterocycles. The van der Waals surface area contributed by atoms with Crippen LogP contribution in [0.4, 0.5) is 0 Å². The summed E-state index contributed by atoms with van der Waals surface area (Å²) >= 11 is 0. The molecule has 2 aliphatic carbocycles. The second kappa shape index (κ2) is 9.11. The fourth-order valence-corrected chi connectivity index (χ4v) is 9.79. The van der Waals surface area contributed by atoms with Gasteiger partial charge >= 0.3 is 5.97 Å². The van der Waals surface area contributed by atoms with Crippen LogP contribution in [0.2, 0.25) is 0 Å². The van der Waals surface area contributed by atoms with Crippen LogP contribution in [0.1, 0.15) is 87.4 Å². The summed E-state index contributed by atoms with van der Waals surface area (Å²) in [6.45, 7) is 18.6. The highest BCUT2D eigenvalue weighted by molar-refractivity contribution is 7.90. The molecule has 37 heavy (non-hydrogen) atoms. The van der Waals surface area contributed by atoms with Crippen LogP contribution in [0, 0.1) is 27.6 Å². The minimum absolute atomic E-state index is 0.00680. The van der Waals surface area contributed by atoms with Crippen molar-refractivity contribution < 1.29 is 22.7 Å². The molecule has 3 fully saturated rings. The van der Waals surface area contributed by atoms with Crippen LogP contribution in [0.25, 0.3) is 0 Å². The molecule has 1 amide bonds. The Bertz CT molecular complexity index is 1230. The van der Waals surface area contributed by atoms with Crippen LogP contribution in [-0.2, 0) is 14.8 Å². The Labute approximate surface area is 222 Å². The Morgan fingerprint density at radius 1 is 1.16 bits per heavy atom. The van der Waals surface area contributed by atoms with Gasteiger partial charge in [-0.25, -0.2) is 17.5 Å². The number of allylic oxidation sites excluding steroid dienone is 2. The number of nitrogens with zero attached hydrogens (tertiary/aromatic N) is 1. The second-order valence-corrected chi connectivity index (χ2v) is 14.5. The molecule has 1 saturated heterocycles. The van der Waals surface area contributed by atoms with Gasteiger partial charge in [0.25, 0.3) is 5.91 Å². The fraction of sp³-hybridized carbons (Fsp3) is 0.600. The average molecular weight is 528 g/mol. The minimum atomic E-state index is -3.80. The summed E-state index contributed by atoms with van der Waals surface area (Å²) in [5, 5.41) is 0. The molecule has 4 atom stereocenters. The van der Waals surface area contributed by atoms with Crippen molar-refractivity contribution in [1.29, 1.82) is 0 Å². The first-order valence-corrected chi connectivity index (χ1v) is 14.9. The van der Waals surface area contributed by atoms with Crippen molar-refractivity contribution in [2.24, 2.45) is 27.6 Å². The third-order valence-electron chi connectivity index (χ3n) is 10.5. The molecule has 7 heteroatoms. The molecule has 4 rings (SSSR count). The highest BCUT2D eigenvalue weighted by Crippen LogP contribution is 2.70. The van der Waals surface area contributed by atoms with E-state index in [1.54, 1.807) is 12.1 Å². The highest BCUT2D eigenvalue weighted by atomic mass is 32.2. The first-order valence-electron chi connectivity index (χ1n) is 13.2. The van der Waals surface area contributed by atoms with Crippen molar-refractivity contribution >= 4 is 21.9 Å².